The fraction of sp³-hybridized carbons (Fsp3) is 0.184. The van der Waals surface area contributed by atoms with Crippen LogP contribution in [0.4, 0.5) is 9.59 Å². The van der Waals surface area contributed by atoms with Gasteiger partial charge in [0.25, 0.3) is 11.8 Å². The number of rotatable bonds is 12. The molecule has 7 aromatic carbocycles. The lowest BCUT2D eigenvalue weighted by molar-refractivity contribution is 0.0771. The van der Waals surface area contributed by atoms with E-state index in [0.717, 1.165) is 65.3 Å². The molecule has 0 saturated carbocycles. The molecule has 302 valence electrons. The van der Waals surface area contributed by atoms with Gasteiger partial charge in [0, 0.05) is 59.9 Å². The molecular weight excluding hydrogens is 757 g/mol. The maximum absolute atomic E-state index is 14.3. The first-order valence-corrected chi connectivity index (χ1v) is 19.3. The van der Waals surface area contributed by atoms with Gasteiger partial charge in [0.1, 0.15) is 12.4 Å². The van der Waals surface area contributed by atoms with Crippen LogP contribution in [0.2, 0.25) is 0 Å². The largest absolute Gasteiger partial charge is 0.480 e. The quantitative estimate of drug-likeness (QED) is 0.0932. The summed E-state index contributed by atoms with van der Waals surface area (Å²) in [5.74, 6) is 1.99. The predicted molar refractivity (Wildman–Crippen MR) is 234 cm³/mol. The highest BCUT2D eigenvalue weighted by atomic mass is 16.5. The van der Waals surface area contributed by atoms with Gasteiger partial charge in [-0.15, -0.1) is 6.42 Å². The van der Waals surface area contributed by atoms with E-state index in [-0.39, 0.29) is 55.9 Å². The standard InChI is InChI=1S/C49H44N4O7/c1-6-25-60-45-26-31(46(54)50(2)27-41-32-15-7-11-19-36(32)43(29-52(4)48(56)57)37-20-12-8-16-33(37)41)23-24-40(45)47(55)51(3)28-42-34-17-9-13-21-38(34)44(30-53(5)49(58)59)39-22-14-10-18-35(39)42/h1,7-24,26H,25,27-30H2,2-5H3,(H,56,57)(H,58,59). The third-order valence-electron chi connectivity index (χ3n) is 11.0. The summed E-state index contributed by atoms with van der Waals surface area (Å²) < 4.78 is 5.93. The number of hydrogen-bond acceptors (Lipinski definition) is 5. The minimum atomic E-state index is -1.03. The van der Waals surface area contributed by atoms with Gasteiger partial charge in [-0.1, -0.05) is 103 Å². The molecule has 0 aliphatic carbocycles. The Morgan fingerprint density at radius 2 is 0.817 bits per heavy atom. The average Bonchev–Trinajstić information content (AvgIpc) is 3.26. The zero-order chi connectivity index (χ0) is 42.7. The summed E-state index contributed by atoms with van der Waals surface area (Å²) in [7, 11) is 6.50. The van der Waals surface area contributed by atoms with Crippen molar-refractivity contribution in [2.45, 2.75) is 26.2 Å². The molecule has 0 aliphatic heterocycles. The summed E-state index contributed by atoms with van der Waals surface area (Å²) in [5.41, 5.74) is 4.11. The van der Waals surface area contributed by atoms with E-state index in [1.165, 1.54) is 16.8 Å². The van der Waals surface area contributed by atoms with Gasteiger partial charge < -0.3 is 34.5 Å². The van der Waals surface area contributed by atoms with Crippen LogP contribution in [0.15, 0.2) is 115 Å². The molecule has 0 radical (unpaired) electrons. The molecule has 0 heterocycles. The number of carbonyl (C=O) groups is 4. The Labute approximate surface area is 347 Å². The van der Waals surface area contributed by atoms with Crippen molar-refractivity contribution < 1.29 is 34.1 Å². The Kier molecular flexibility index (Phi) is 11.6. The van der Waals surface area contributed by atoms with Gasteiger partial charge in [0.2, 0.25) is 0 Å². The van der Waals surface area contributed by atoms with Crippen molar-refractivity contribution in [3.8, 4) is 18.1 Å². The maximum atomic E-state index is 14.3. The smallest absolute Gasteiger partial charge is 0.407 e. The van der Waals surface area contributed by atoms with Gasteiger partial charge in [-0.2, -0.15) is 0 Å². The molecule has 0 aromatic heterocycles. The summed E-state index contributed by atoms with van der Waals surface area (Å²) >= 11 is 0. The van der Waals surface area contributed by atoms with Crippen LogP contribution in [0.1, 0.15) is 43.0 Å². The second-order valence-electron chi connectivity index (χ2n) is 14.9. The van der Waals surface area contributed by atoms with Crippen LogP contribution >= 0.6 is 0 Å². The summed E-state index contributed by atoms with van der Waals surface area (Å²) in [4.78, 5) is 57.9. The summed E-state index contributed by atoms with van der Waals surface area (Å²) in [6.45, 7) is 0.720. The van der Waals surface area contributed by atoms with E-state index >= 15 is 0 Å². The molecule has 11 heteroatoms. The maximum Gasteiger partial charge on any atom is 0.407 e. The fourth-order valence-electron chi connectivity index (χ4n) is 8.02. The van der Waals surface area contributed by atoms with E-state index in [1.54, 1.807) is 49.1 Å². The molecule has 0 atom stereocenters. The molecule has 0 unspecified atom stereocenters. The second-order valence-corrected chi connectivity index (χ2v) is 14.9. The van der Waals surface area contributed by atoms with Crippen molar-refractivity contribution in [2.24, 2.45) is 0 Å². The van der Waals surface area contributed by atoms with E-state index in [4.69, 9.17) is 11.2 Å². The molecule has 11 nitrogen and oxygen atoms in total. The van der Waals surface area contributed by atoms with E-state index in [1.807, 2.05) is 97.1 Å². The second kappa shape index (κ2) is 17.1. The lowest BCUT2D eigenvalue weighted by atomic mass is 9.91. The molecule has 0 spiro atoms. The molecule has 0 bridgehead atoms. The monoisotopic (exact) mass is 800 g/mol. The predicted octanol–water partition coefficient (Wildman–Crippen LogP) is 9.08. The number of benzene rings is 7. The fourth-order valence-corrected chi connectivity index (χ4v) is 8.02. The van der Waals surface area contributed by atoms with Crippen molar-refractivity contribution in [2.75, 3.05) is 34.8 Å². The van der Waals surface area contributed by atoms with Gasteiger partial charge >= 0.3 is 12.2 Å². The van der Waals surface area contributed by atoms with Gasteiger partial charge in [-0.05, 0) is 83.5 Å². The lowest BCUT2D eigenvalue weighted by Gasteiger charge is -2.24. The van der Waals surface area contributed by atoms with Crippen molar-refractivity contribution in [1.82, 2.24) is 19.6 Å². The van der Waals surface area contributed by atoms with Crippen LogP contribution in [0, 0.1) is 12.3 Å². The number of fused-ring (bicyclic) bond motifs is 4. The van der Waals surface area contributed by atoms with Gasteiger partial charge in [-0.25, -0.2) is 9.59 Å². The van der Waals surface area contributed by atoms with Crippen molar-refractivity contribution >= 4 is 67.1 Å². The highest BCUT2D eigenvalue weighted by molar-refractivity contribution is 6.08. The number of carbonyl (C=O) groups excluding carboxylic acids is 2. The molecule has 2 N–H and O–H groups in total. The molecule has 60 heavy (non-hydrogen) atoms. The van der Waals surface area contributed by atoms with Crippen molar-refractivity contribution in [3.63, 3.8) is 0 Å². The number of terminal acetylenes is 1. The first-order chi connectivity index (χ1) is 28.9. The molecule has 4 amide bonds. The van der Waals surface area contributed by atoms with E-state index in [0.29, 0.717) is 5.56 Å². The zero-order valence-corrected chi connectivity index (χ0v) is 33.8. The van der Waals surface area contributed by atoms with E-state index < -0.39 is 12.2 Å². The normalized spacial score (nSPS) is 11.1. The summed E-state index contributed by atoms with van der Waals surface area (Å²) in [5, 5.41) is 26.6. The Balaban J connectivity index is 1.20. The average molecular weight is 801 g/mol. The Bertz CT molecular complexity index is 2770. The highest BCUT2D eigenvalue weighted by Gasteiger charge is 2.25. The lowest BCUT2D eigenvalue weighted by Crippen LogP contribution is -2.28. The number of hydrogen-bond donors (Lipinski definition) is 2. The summed E-state index contributed by atoms with van der Waals surface area (Å²) in [6.07, 6.45) is 3.53. The van der Waals surface area contributed by atoms with Crippen LogP contribution in [0.5, 0.6) is 5.75 Å². The van der Waals surface area contributed by atoms with Gasteiger partial charge in [-0.3, -0.25) is 9.59 Å². The van der Waals surface area contributed by atoms with Crippen molar-refractivity contribution in [3.05, 3.63) is 149 Å². The first-order valence-electron chi connectivity index (χ1n) is 19.3. The van der Waals surface area contributed by atoms with E-state index in [2.05, 4.69) is 5.92 Å². The molecule has 0 saturated heterocycles. The number of carboxylic acid groups (broad SMARTS) is 2. The third-order valence-corrected chi connectivity index (χ3v) is 11.0. The molecule has 7 aromatic rings. The van der Waals surface area contributed by atoms with Crippen LogP contribution in [0.3, 0.4) is 0 Å². The number of ether oxygens (including phenoxy) is 1. The SMILES string of the molecule is C#CCOc1cc(C(=O)N(C)Cc2c3ccccc3c(CN(C)C(=O)O)c3ccccc23)ccc1C(=O)N(C)Cc1c2ccccc2c(CN(C)C(=O)O)c2ccccc12. The molecule has 0 fully saturated rings. The van der Waals surface area contributed by atoms with Gasteiger partial charge in [0.05, 0.1) is 5.56 Å². The molecule has 7 rings (SSSR count). The van der Waals surface area contributed by atoms with Gasteiger partial charge in [0.15, 0.2) is 0 Å². The van der Waals surface area contributed by atoms with Crippen molar-refractivity contribution in [1.29, 1.82) is 0 Å². The topological polar surface area (TPSA) is 131 Å². The van der Waals surface area contributed by atoms with Crippen LogP contribution < -0.4 is 4.74 Å². The Morgan fingerprint density at radius 3 is 1.13 bits per heavy atom. The zero-order valence-electron chi connectivity index (χ0n) is 33.8. The summed E-state index contributed by atoms with van der Waals surface area (Å²) in [6, 6.07) is 35.9. The van der Waals surface area contributed by atoms with Crippen LogP contribution in [-0.4, -0.2) is 88.6 Å². The minimum Gasteiger partial charge on any atom is -0.480 e. The first kappa shape index (κ1) is 40.6. The van der Waals surface area contributed by atoms with E-state index in [9.17, 15) is 29.4 Å². The molecular formula is C49H44N4O7. The van der Waals surface area contributed by atoms with Crippen LogP contribution in [0.25, 0.3) is 43.1 Å². The number of nitrogens with zero attached hydrogens (tertiary/aromatic N) is 4. The third kappa shape index (κ3) is 7.83. The highest BCUT2D eigenvalue weighted by Crippen LogP contribution is 2.37. The van der Waals surface area contributed by atoms with Crippen LogP contribution in [-0.2, 0) is 26.2 Å². The minimum absolute atomic E-state index is 0.125. The number of amides is 4. The Hall–Kier alpha value is -7.58. The molecule has 0 aliphatic rings. The Morgan fingerprint density at radius 1 is 0.500 bits per heavy atom.